The number of rotatable bonds is 3. The van der Waals surface area contributed by atoms with E-state index in [9.17, 15) is 17.6 Å². The van der Waals surface area contributed by atoms with E-state index in [1.807, 2.05) is 0 Å². The lowest BCUT2D eigenvalue weighted by Gasteiger charge is -2.15. The number of halogens is 5. The second-order valence-corrected chi connectivity index (χ2v) is 5.11. The highest BCUT2D eigenvalue weighted by Crippen LogP contribution is 2.39. The van der Waals surface area contributed by atoms with E-state index in [1.165, 1.54) is 12.1 Å². The van der Waals surface area contributed by atoms with Gasteiger partial charge in [0.05, 0.1) is 12.2 Å². The Hall–Kier alpha value is -1.60. The Bertz CT molecular complexity index is 636. The van der Waals surface area contributed by atoms with E-state index in [0.29, 0.717) is 4.47 Å². The van der Waals surface area contributed by atoms with Gasteiger partial charge in [0.25, 0.3) is 0 Å². The average Bonchev–Trinajstić information content (AvgIpc) is 2.36. The summed E-state index contributed by atoms with van der Waals surface area (Å²) in [6, 6.07) is 6.68. The predicted molar refractivity (Wildman–Crippen MR) is 71.5 cm³/mol. The lowest BCUT2D eigenvalue weighted by atomic mass is 10.1. The number of hydrogen-bond donors (Lipinski definition) is 1. The monoisotopic (exact) mass is 364 g/mol. The van der Waals surface area contributed by atoms with Crippen molar-refractivity contribution < 1.29 is 27.4 Å². The average molecular weight is 365 g/mol. The molecule has 0 amide bonds. The van der Waals surface area contributed by atoms with Gasteiger partial charge in [-0.2, -0.15) is 13.2 Å². The van der Waals surface area contributed by atoms with Crippen LogP contribution < -0.4 is 4.74 Å². The molecule has 0 atom stereocenters. The van der Waals surface area contributed by atoms with Crippen LogP contribution in [-0.4, -0.2) is 5.11 Å². The summed E-state index contributed by atoms with van der Waals surface area (Å²) in [6.07, 6.45) is -4.65. The van der Waals surface area contributed by atoms with E-state index in [1.54, 1.807) is 0 Å². The summed E-state index contributed by atoms with van der Waals surface area (Å²) in [4.78, 5) is 0. The van der Waals surface area contributed by atoms with E-state index in [2.05, 4.69) is 15.9 Å². The molecule has 0 saturated heterocycles. The third-order valence-electron chi connectivity index (χ3n) is 2.60. The molecule has 2 rings (SSSR count). The Labute approximate surface area is 126 Å². The highest BCUT2D eigenvalue weighted by molar-refractivity contribution is 9.10. The Kier molecular flexibility index (Phi) is 4.53. The van der Waals surface area contributed by atoms with Crippen molar-refractivity contribution >= 4 is 15.9 Å². The highest BCUT2D eigenvalue weighted by atomic mass is 79.9. The standard InChI is InChI=1S/C14H9BrF4O2/c15-9-4-10(16)6-11(5-9)21-13-2-1-8(7-20)3-12(13)14(17,18)19/h1-6,20H,7H2. The molecule has 0 aliphatic carbocycles. The van der Waals surface area contributed by atoms with E-state index < -0.39 is 29.9 Å². The van der Waals surface area contributed by atoms with Gasteiger partial charge < -0.3 is 9.84 Å². The molecule has 0 spiro atoms. The number of hydrogen-bond acceptors (Lipinski definition) is 2. The van der Waals surface area contributed by atoms with Crippen molar-refractivity contribution in [1.82, 2.24) is 0 Å². The molecule has 2 aromatic carbocycles. The fourth-order valence-corrected chi connectivity index (χ4v) is 2.14. The molecule has 112 valence electrons. The van der Waals surface area contributed by atoms with Gasteiger partial charge in [-0.1, -0.05) is 22.0 Å². The van der Waals surface area contributed by atoms with Crippen molar-refractivity contribution in [2.45, 2.75) is 12.8 Å². The van der Waals surface area contributed by atoms with Crippen LogP contribution in [-0.2, 0) is 12.8 Å². The van der Waals surface area contributed by atoms with E-state index in [-0.39, 0.29) is 11.3 Å². The molecule has 21 heavy (non-hydrogen) atoms. The number of benzene rings is 2. The molecule has 0 unspecified atom stereocenters. The van der Waals surface area contributed by atoms with E-state index in [0.717, 1.165) is 24.3 Å². The number of aliphatic hydroxyl groups is 1. The van der Waals surface area contributed by atoms with Gasteiger partial charge in [-0.15, -0.1) is 0 Å². The van der Waals surface area contributed by atoms with Crippen LogP contribution in [0.5, 0.6) is 11.5 Å². The van der Waals surface area contributed by atoms with Crippen LogP contribution in [0.15, 0.2) is 40.9 Å². The largest absolute Gasteiger partial charge is 0.457 e. The van der Waals surface area contributed by atoms with Crippen LogP contribution >= 0.6 is 15.9 Å². The minimum absolute atomic E-state index is 0.0656. The van der Waals surface area contributed by atoms with Crippen LogP contribution in [0.4, 0.5) is 17.6 Å². The van der Waals surface area contributed by atoms with Crippen molar-refractivity contribution in [2.24, 2.45) is 0 Å². The van der Waals surface area contributed by atoms with Crippen LogP contribution in [0, 0.1) is 5.82 Å². The van der Waals surface area contributed by atoms with Crippen molar-refractivity contribution in [2.75, 3.05) is 0 Å². The third kappa shape index (κ3) is 3.95. The predicted octanol–water partition coefficient (Wildman–Crippen LogP) is 4.89. The normalized spacial score (nSPS) is 11.5. The maximum Gasteiger partial charge on any atom is 0.419 e. The minimum atomic E-state index is -4.65. The van der Waals surface area contributed by atoms with Gasteiger partial charge in [0.2, 0.25) is 0 Å². The van der Waals surface area contributed by atoms with Crippen LogP contribution in [0.2, 0.25) is 0 Å². The Morgan fingerprint density at radius 3 is 2.38 bits per heavy atom. The molecule has 0 aliphatic heterocycles. The Morgan fingerprint density at radius 2 is 1.81 bits per heavy atom. The Morgan fingerprint density at radius 1 is 1.10 bits per heavy atom. The molecule has 7 heteroatoms. The maximum absolute atomic E-state index is 13.2. The van der Waals surface area contributed by atoms with Crippen LogP contribution in [0.3, 0.4) is 0 Å². The van der Waals surface area contributed by atoms with Gasteiger partial charge in [0, 0.05) is 10.5 Å². The van der Waals surface area contributed by atoms with Crippen molar-refractivity contribution in [3.63, 3.8) is 0 Å². The minimum Gasteiger partial charge on any atom is -0.457 e. The quantitative estimate of drug-likeness (QED) is 0.785. The second-order valence-electron chi connectivity index (χ2n) is 4.19. The van der Waals surface area contributed by atoms with Gasteiger partial charge in [0.1, 0.15) is 17.3 Å². The number of aliphatic hydroxyl groups excluding tert-OH is 1. The summed E-state index contributed by atoms with van der Waals surface area (Å²) in [5, 5.41) is 8.92. The van der Waals surface area contributed by atoms with Gasteiger partial charge in [-0.3, -0.25) is 0 Å². The summed E-state index contributed by atoms with van der Waals surface area (Å²) < 4.78 is 57.6. The topological polar surface area (TPSA) is 29.5 Å². The molecule has 0 heterocycles. The van der Waals surface area contributed by atoms with Crippen molar-refractivity contribution in [3.8, 4) is 11.5 Å². The lowest BCUT2D eigenvalue weighted by Crippen LogP contribution is -2.08. The molecule has 0 aromatic heterocycles. The summed E-state index contributed by atoms with van der Waals surface area (Å²) in [5.41, 5.74) is -0.926. The first-order chi connectivity index (χ1) is 9.79. The molecule has 0 fully saturated rings. The summed E-state index contributed by atoms with van der Waals surface area (Å²) in [6.45, 7) is -0.519. The Balaban J connectivity index is 2.43. The smallest absolute Gasteiger partial charge is 0.419 e. The first kappa shape index (κ1) is 15.8. The number of ether oxygens (including phenoxy) is 1. The molecule has 1 N–H and O–H groups in total. The molecule has 2 aromatic rings. The highest BCUT2D eigenvalue weighted by Gasteiger charge is 2.34. The van der Waals surface area contributed by atoms with Crippen molar-refractivity contribution in [3.05, 3.63) is 57.8 Å². The third-order valence-corrected chi connectivity index (χ3v) is 3.05. The molecular weight excluding hydrogens is 356 g/mol. The fourth-order valence-electron chi connectivity index (χ4n) is 1.70. The molecule has 0 bridgehead atoms. The first-order valence-electron chi connectivity index (χ1n) is 5.74. The molecular formula is C14H9BrF4O2. The van der Waals surface area contributed by atoms with Crippen LogP contribution in [0.1, 0.15) is 11.1 Å². The number of alkyl halides is 3. The zero-order chi connectivity index (χ0) is 15.6. The van der Waals surface area contributed by atoms with Gasteiger partial charge in [-0.25, -0.2) is 4.39 Å². The van der Waals surface area contributed by atoms with Crippen LogP contribution in [0.25, 0.3) is 0 Å². The lowest BCUT2D eigenvalue weighted by molar-refractivity contribution is -0.138. The molecule has 0 radical (unpaired) electrons. The molecule has 2 nitrogen and oxygen atoms in total. The first-order valence-corrected chi connectivity index (χ1v) is 6.54. The van der Waals surface area contributed by atoms with Crippen molar-refractivity contribution in [1.29, 1.82) is 0 Å². The molecule has 0 aliphatic rings. The van der Waals surface area contributed by atoms with Gasteiger partial charge in [0.15, 0.2) is 0 Å². The summed E-state index contributed by atoms with van der Waals surface area (Å²) >= 11 is 3.03. The fraction of sp³-hybridized carbons (Fsp3) is 0.143. The van der Waals surface area contributed by atoms with Gasteiger partial charge >= 0.3 is 6.18 Å². The summed E-state index contributed by atoms with van der Waals surface area (Å²) in [5.74, 6) is -1.17. The van der Waals surface area contributed by atoms with E-state index in [4.69, 9.17) is 9.84 Å². The summed E-state index contributed by atoms with van der Waals surface area (Å²) in [7, 11) is 0. The maximum atomic E-state index is 13.2. The second kappa shape index (κ2) is 6.03. The zero-order valence-corrected chi connectivity index (χ0v) is 12.0. The molecule has 0 saturated carbocycles. The SMILES string of the molecule is OCc1ccc(Oc2cc(F)cc(Br)c2)c(C(F)(F)F)c1. The zero-order valence-electron chi connectivity index (χ0n) is 10.4. The van der Waals surface area contributed by atoms with Gasteiger partial charge in [-0.05, 0) is 29.8 Å². The van der Waals surface area contributed by atoms with E-state index >= 15 is 0 Å².